The third-order valence-electron chi connectivity index (χ3n) is 3.76. The molecular weight excluding hydrogens is 340 g/mol. The zero-order chi connectivity index (χ0) is 18.6. The van der Waals surface area contributed by atoms with E-state index in [4.69, 9.17) is 4.74 Å². The lowest BCUT2D eigenvalue weighted by atomic mass is 10.1. The number of amides is 1. The fraction of sp³-hybridized carbons (Fsp3) is 0.278. The van der Waals surface area contributed by atoms with Crippen LogP contribution in [-0.4, -0.2) is 27.7 Å². The van der Waals surface area contributed by atoms with E-state index in [0.29, 0.717) is 11.3 Å². The number of ether oxygens (including phenoxy) is 1. The Kier molecular flexibility index (Phi) is 5.69. The van der Waals surface area contributed by atoms with E-state index in [0.717, 1.165) is 23.1 Å². The van der Waals surface area contributed by atoms with Crippen LogP contribution in [0.15, 0.2) is 42.5 Å². The lowest BCUT2D eigenvalue weighted by Gasteiger charge is -2.16. The molecule has 2 rings (SSSR count). The van der Waals surface area contributed by atoms with Crippen molar-refractivity contribution >= 4 is 21.6 Å². The molecule has 0 aliphatic carbocycles. The molecule has 1 amide bonds. The third kappa shape index (κ3) is 5.22. The first-order valence-corrected chi connectivity index (χ1v) is 9.62. The van der Waals surface area contributed by atoms with Gasteiger partial charge < -0.3 is 10.1 Å². The molecule has 1 atom stereocenters. The Morgan fingerprint density at radius 1 is 1.12 bits per heavy atom. The van der Waals surface area contributed by atoms with Crippen LogP contribution in [0.2, 0.25) is 0 Å². The van der Waals surface area contributed by atoms with Crippen molar-refractivity contribution in [2.75, 3.05) is 18.1 Å². The summed E-state index contributed by atoms with van der Waals surface area (Å²) in [6.45, 7) is 3.65. The van der Waals surface area contributed by atoms with Crippen molar-refractivity contribution in [2.45, 2.75) is 19.9 Å². The Morgan fingerprint density at radius 3 is 2.32 bits per heavy atom. The molecule has 2 aromatic rings. The molecule has 0 heterocycles. The summed E-state index contributed by atoms with van der Waals surface area (Å²) in [4.78, 5) is 12.5. The zero-order valence-electron chi connectivity index (χ0n) is 14.7. The van der Waals surface area contributed by atoms with Gasteiger partial charge in [-0.3, -0.25) is 9.52 Å². The molecule has 0 aromatic heterocycles. The van der Waals surface area contributed by atoms with E-state index in [1.54, 1.807) is 26.2 Å². The molecule has 0 bridgehead atoms. The molecular formula is C18H22N2O4S. The van der Waals surface area contributed by atoms with Crippen LogP contribution in [0, 0.1) is 6.92 Å². The number of rotatable bonds is 6. The summed E-state index contributed by atoms with van der Waals surface area (Å²) in [6, 6.07) is 12.1. The van der Waals surface area contributed by atoms with Crippen LogP contribution in [0.5, 0.6) is 5.75 Å². The summed E-state index contributed by atoms with van der Waals surface area (Å²) in [5.74, 6) is 0.470. The normalized spacial score (nSPS) is 12.3. The standard InChI is InChI=1S/C18H22N2O4S/c1-12-5-6-15(11-17(12)20-25(4,22)23)18(21)19-13(2)14-7-9-16(24-3)10-8-14/h5-11,13,20H,1-4H3,(H,19,21)/t13-/m0/s1. The second-order valence-electron chi connectivity index (χ2n) is 5.87. The predicted molar refractivity (Wildman–Crippen MR) is 98.5 cm³/mol. The van der Waals surface area contributed by atoms with Crippen LogP contribution in [0.25, 0.3) is 0 Å². The number of benzene rings is 2. The van der Waals surface area contributed by atoms with Crippen molar-refractivity contribution < 1.29 is 17.9 Å². The Balaban J connectivity index is 2.15. The van der Waals surface area contributed by atoms with Gasteiger partial charge in [0.15, 0.2) is 0 Å². The van der Waals surface area contributed by atoms with Gasteiger partial charge in [-0.15, -0.1) is 0 Å². The van der Waals surface area contributed by atoms with E-state index in [-0.39, 0.29) is 11.9 Å². The van der Waals surface area contributed by atoms with Gasteiger partial charge >= 0.3 is 0 Å². The topological polar surface area (TPSA) is 84.5 Å². The number of methoxy groups -OCH3 is 1. The Labute approximate surface area is 148 Å². The van der Waals surface area contributed by atoms with Gasteiger partial charge in [-0.25, -0.2) is 8.42 Å². The van der Waals surface area contributed by atoms with E-state index < -0.39 is 10.0 Å². The highest BCUT2D eigenvalue weighted by Crippen LogP contribution is 2.20. The number of nitrogens with one attached hydrogen (secondary N) is 2. The van der Waals surface area contributed by atoms with Gasteiger partial charge in [0, 0.05) is 5.56 Å². The minimum atomic E-state index is -3.41. The molecule has 0 radical (unpaired) electrons. The number of hydrogen-bond acceptors (Lipinski definition) is 4. The Bertz CT molecular complexity index is 861. The number of aryl methyl sites for hydroxylation is 1. The molecule has 0 spiro atoms. The van der Waals surface area contributed by atoms with Gasteiger partial charge in [0.1, 0.15) is 5.75 Å². The minimum absolute atomic E-state index is 0.203. The van der Waals surface area contributed by atoms with Gasteiger partial charge in [0.25, 0.3) is 5.91 Å². The first-order chi connectivity index (χ1) is 11.7. The quantitative estimate of drug-likeness (QED) is 0.827. The molecule has 0 aliphatic rings. The van der Waals surface area contributed by atoms with Crippen LogP contribution < -0.4 is 14.8 Å². The Morgan fingerprint density at radius 2 is 1.76 bits per heavy atom. The number of carbonyl (C=O) groups is 1. The molecule has 7 heteroatoms. The van der Waals surface area contributed by atoms with Crippen LogP contribution in [-0.2, 0) is 10.0 Å². The zero-order valence-corrected chi connectivity index (χ0v) is 15.5. The molecule has 2 N–H and O–H groups in total. The summed E-state index contributed by atoms with van der Waals surface area (Å²) < 4.78 is 30.4. The van der Waals surface area contributed by atoms with Crippen LogP contribution in [0.1, 0.15) is 34.5 Å². The van der Waals surface area contributed by atoms with Crippen molar-refractivity contribution in [1.82, 2.24) is 5.32 Å². The molecule has 6 nitrogen and oxygen atoms in total. The maximum Gasteiger partial charge on any atom is 0.251 e. The van der Waals surface area contributed by atoms with Crippen molar-refractivity contribution in [3.05, 3.63) is 59.2 Å². The molecule has 0 unspecified atom stereocenters. The number of anilines is 1. The molecule has 134 valence electrons. The third-order valence-corrected chi connectivity index (χ3v) is 4.35. The van der Waals surface area contributed by atoms with Crippen molar-refractivity contribution in [3.63, 3.8) is 0 Å². The highest BCUT2D eigenvalue weighted by atomic mass is 32.2. The van der Waals surface area contributed by atoms with Gasteiger partial charge in [0.2, 0.25) is 10.0 Å². The first kappa shape index (κ1) is 18.8. The molecule has 0 saturated carbocycles. The van der Waals surface area contributed by atoms with Crippen LogP contribution in [0.3, 0.4) is 0 Å². The maximum atomic E-state index is 12.5. The van der Waals surface area contributed by atoms with E-state index in [1.807, 2.05) is 31.2 Å². The lowest BCUT2D eigenvalue weighted by Crippen LogP contribution is -2.26. The second kappa shape index (κ2) is 7.57. The van der Waals surface area contributed by atoms with Crippen LogP contribution >= 0.6 is 0 Å². The largest absolute Gasteiger partial charge is 0.497 e. The number of hydrogen-bond donors (Lipinski definition) is 2. The van der Waals surface area contributed by atoms with Gasteiger partial charge in [0.05, 0.1) is 25.1 Å². The highest BCUT2D eigenvalue weighted by Gasteiger charge is 2.14. The smallest absolute Gasteiger partial charge is 0.251 e. The summed E-state index contributed by atoms with van der Waals surface area (Å²) in [5.41, 5.74) is 2.46. The highest BCUT2D eigenvalue weighted by molar-refractivity contribution is 7.92. The summed E-state index contributed by atoms with van der Waals surface area (Å²) in [6.07, 6.45) is 1.07. The number of sulfonamides is 1. The summed E-state index contributed by atoms with van der Waals surface area (Å²) >= 11 is 0. The van der Waals surface area contributed by atoms with Gasteiger partial charge in [-0.05, 0) is 49.2 Å². The van der Waals surface area contributed by atoms with E-state index in [2.05, 4.69) is 10.0 Å². The minimum Gasteiger partial charge on any atom is -0.497 e. The molecule has 2 aromatic carbocycles. The van der Waals surface area contributed by atoms with Gasteiger partial charge in [-0.2, -0.15) is 0 Å². The number of carbonyl (C=O) groups excluding carboxylic acids is 1. The van der Waals surface area contributed by atoms with Crippen molar-refractivity contribution in [2.24, 2.45) is 0 Å². The fourth-order valence-electron chi connectivity index (χ4n) is 2.33. The summed E-state index contributed by atoms with van der Waals surface area (Å²) in [7, 11) is -1.81. The molecule has 0 fully saturated rings. The SMILES string of the molecule is COc1ccc([C@H](C)NC(=O)c2ccc(C)c(NS(C)(=O)=O)c2)cc1. The average Bonchev–Trinajstić information content (AvgIpc) is 2.55. The van der Waals surface area contributed by atoms with Crippen LogP contribution in [0.4, 0.5) is 5.69 Å². The molecule has 0 saturated heterocycles. The Hall–Kier alpha value is -2.54. The predicted octanol–water partition coefficient (Wildman–Crippen LogP) is 2.87. The van der Waals surface area contributed by atoms with E-state index in [9.17, 15) is 13.2 Å². The average molecular weight is 362 g/mol. The maximum absolute atomic E-state index is 12.5. The monoisotopic (exact) mass is 362 g/mol. The van der Waals surface area contributed by atoms with Crippen molar-refractivity contribution in [1.29, 1.82) is 0 Å². The first-order valence-electron chi connectivity index (χ1n) is 7.73. The van der Waals surface area contributed by atoms with E-state index in [1.165, 1.54) is 6.07 Å². The second-order valence-corrected chi connectivity index (χ2v) is 7.62. The fourth-order valence-corrected chi connectivity index (χ4v) is 2.95. The lowest BCUT2D eigenvalue weighted by molar-refractivity contribution is 0.0940. The van der Waals surface area contributed by atoms with Gasteiger partial charge in [-0.1, -0.05) is 18.2 Å². The van der Waals surface area contributed by atoms with Crippen molar-refractivity contribution in [3.8, 4) is 5.75 Å². The summed E-state index contributed by atoms with van der Waals surface area (Å²) in [5, 5.41) is 2.90. The molecule has 0 aliphatic heterocycles. The van der Waals surface area contributed by atoms with E-state index >= 15 is 0 Å². The molecule has 25 heavy (non-hydrogen) atoms.